The lowest BCUT2D eigenvalue weighted by Gasteiger charge is -2.31. The second-order valence-electron chi connectivity index (χ2n) is 6.59. The number of hydrogen-bond acceptors (Lipinski definition) is 3. The van der Waals surface area contributed by atoms with Crippen LogP contribution in [0, 0.1) is 5.92 Å². The molecule has 2 N–H and O–H groups in total. The summed E-state index contributed by atoms with van der Waals surface area (Å²) in [5.74, 6) is 2.69. The first-order valence-corrected chi connectivity index (χ1v) is 10.2. The van der Waals surface area contributed by atoms with Gasteiger partial charge < -0.3 is 15.5 Å². The van der Waals surface area contributed by atoms with Crippen molar-refractivity contribution in [2.45, 2.75) is 51.5 Å². The van der Waals surface area contributed by atoms with Crippen LogP contribution in [-0.4, -0.2) is 62.0 Å². The molecular weight excluding hydrogens is 435 g/mol. The third-order valence-corrected chi connectivity index (χ3v) is 5.07. The van der Waals surface area contributed by atoms with Gasteiger partial charge in [0.05, 0.1) is 0 Å². The maximum Gasteiger partial charge on any atom is 0.243 e. The van der Waals surface area contributed by atoms with Crippen LogP contribution in [0.4, 0.5) is 0 Å². The van der Waals surface area contributed by atoms with Crippen LogP contribution in [0.25, 0.3) is 0 Å². The van der Waals surface area contributed by atoms with Gasteiger partial charge in [0.2, 0.25) is 5.91 Å². The summed E-state index contributed by atoms with van der Waals surface area (Å²) in [6.45, 7) is 3.41. The average molecular weight is 470 g/mol. The predicted octanol–water partition coefficient (Wildman–Crippen LogP) is 2.95. The average Bonchev–Trinajstić information content (AvgIpc) is 2.53. The van der Waals surface area contributed by atoms with Crippen LogP contribution in [-0.2, 0) is 4.79 Å². The van der Waals surface area contributed by atoms with Crippen LogP contribution in [0.2, 0.25) is 0 Å². The minimum absolute atomic E-state index is 0. The molecule has 0 aromatic carbocycles. The second kappa shape index (κ2) is 14.0. The van der Waals surface area contributed by atoms with Gasteiger partial charge in [-0.15, -0.1) is 24.0 Å². The highest BCUT2D eigenvalue weighted by Gasteiger charge is 2.22. The molecule has 0 heterocycles. The fraction of sp³-hybridized carbons (Fsp3) is 0.882. The Bertz CT molecular complexity index is 380. The maximum atomic E-state index is 11.8. The van der Waals surface area contributed by atoms with Crippen molar-refractivity contribution in [3.63, 3.8) is 0 Å². The van der Waals surface area contributed by atoms with Crippen LogP contribution < -0.4 is 10.6 Å². The number of aliphatic imine (C=N–C) groups is 1. The monoisotopic (exact) mass is 470 g/mol. The number of thioether (sulfide) groups is 1. The predicted molar refractivity (Wildman–Crippen MR) is 117 cm³/mol. The standard InChI is InChI=1S/C17H34N4OS.HI/c1-14-9-5-6-10-15(14)20-17(18-11-7-8-12-23-4)19-13-16(22)21(2)3;/h14-15H,5-13H2,1-4H3,(H2,18,19,20);1H. The van der Waals surface area contributed by atoms with Crippen molar-refractivity contribution in [2.75, 3.05) is 39.2 Å². The molecule has 0 bridgehead atoms. The van der Waals surface area contributed by atoms with E-state index in [1.807, 2.05) is 11.8 Å². The van der Waals surface area contributed by atoms with E-state index in [-0.39, 0.29) is 36.4 Å². The minimum atomic E-state index is 0. The van der Waals surface area contributed by atoms with Crippen molar-refractivity contribution in [1.82, 2.24) is 15.5 Å². The van der Waals surface area contributed by atoms with Crippen molar-refractivity contribution in [2.24, 2.45) is 10.9 Å². The van der Waals surface area contributed by atoms with Gasteiger partial charge in [-0.25, -0.2) is 4.99 Å². The van der Waals surface area contributed by atoms with Crippen molar-refractivity contribution in [3.8, 4) is 0 Å². The van der Waals surface area contributed by atoms with E-state index >= 15 is 0 Å². The lowest BCUT2D eigenvalue weighted by molar-refractivity contribution is -0.127. The van der Waals surface area contributed by atoms with E-state index < -0.39 is 0 Å². The summed E-state index contributed by atoms with van der Waals surface area (Å²) in [6.07, 6.45) is 9.54. The molecule has 5 nitrogen and oxygen atoms in total. The van der Waals surface area contributed by atoms with Crippen LogP contribution in [0.1, 0.15) is 45.4 Å². The lowest BCUT2D eigenvalue weighted by Crippen LogP contribution is -2.47. The molecule has 1 fully saturated rings. The van der Waals surface area contributed by atoms with Crippen molar-refractivity contribution >= 4 is 47.6 Å². The quantitative estimate of drug-likeness (QED) is 0.248. The highest BCUT2D eigenvalue weighted by Crippen LogP contribution is 2.23. The number of hydrogen-bond donors (Lipinski definition) is 2. The van der Waals surface area contributed by atoms with Crippen LogP contribution >= 0.6 is 35.7 Å². The van der Waals surface area contributed by atoms with E-state index in [2.05, 4.69) is 28.8 Å². The minimum Gasteiger partial charge on any atom is -0.356 e. The Labute approximate surface area is 169 Å². The Morgan fingerprint density at radius 3 is 2.58 bits per heavy atom. The van der Waals surface area contributed by atoms with Gasteiger partial charge in [0.1, 0.15) is 6.54 Å². The summed E-state index contributed by atoms with van der Waals surface area (Å²) in [4.78, 5) is 17.9. The molecule has 24 heavy (non-hydrogen) atoms. The van der Waals surface area contributed by atoms with E-state index in [0.717, 1.165) is 18.9 Å². The second-order valence-corrected chi connectivity index (χ2v) is 7.58. The van der Waals surface area contributed by atoms with Gasteiger partial charge in [-0.05, 0) is 43.6 Å². The molecule has 1 amide bonds. The zero-order valence-corrected chi connectivity index (χ0v) is 18.8. The van der Waals surface area contributed by atoms with Gasteiger partial charge in [0.15, 0.2) is 5.96 Å². The summed E-state index contributed by atoms with van der Waals surface area (Å²) in [6, 6.07) is 0.468. The molecule has 142 valence electrons. The lowest BCUT2D eigenvalue weighted by atomic mass is 9.86. The smallest absolute Gasteiger partial charge is 0.243 e. The number of nitrogens with zero attached hydrogens (tertiary/aromatic N) is 2. The Morgan fingerprint density at radius 2 is 1.96 bits per heavy atom. The zero-order valence-electron chi connectivity index (χ0n) is 15.6. The van der Waals surface area contributed by atoms with E-state index in [1.54, 1.807) is 19.0 Å². The highest BCUT2D eigenvalue weighted by molar-refractivity contribution is 14.0. The van der Waals surface area contributed by atoms with Crippen LogP contribution in [0.5, 0.6) is 0 Å². The summed E-state index contributed by atoms with van der Waals surface area (Å²) < 4.78 is 0. The van der Waals surface area contributed by atoms with Gasteiger partial charge >= 0.3 is 0 Å². The number of unbranched alkanes of at least 4 members (excludes halogenated alkanes) is 1. The van der Waals surface area contributed by atoms with Gasteiger partial charge in [-0.3, -0.25) is 4.79 Å². The zero-order chi connectivity index (χ0) is 17.1. The topological polar surface area (TPSA) is 56.7 Å². The van der Waals surface area contributed by atoms with Gasteiger partial charge in [0, 0.05) is 26.7 Å². The summed E-state index contributed by atoms with van der Waals surface area (Å²) >= 11 is 1.88. The Kier molecular flexibility index (Phi) is 13.9. The summed E-state index contributed by atoms with van der Waals surface area (Å²) in [5.41, 5.74) is 0. The number of rotatable bonds is 8. The SMILES string of the molecule is CSCCCCNC(=NCC(=O)N(C)C)NC1CCCCC1C.I. The molecule has 7 heteroatoms. The fourth-order valence-corrected chi connectivity index (χ4v) is 3.22. The number of carbonyl (C=O) groups is 1. The molecule has 1 aliphatic carbocycles. The number of guanidine groups is 1. The van der Waals surface area contributed by atoms with Gasteiger partial charge in [-0.2, -0.15) is 11.8 Å². The van der Waals surface area contributed by atoms with Crippen molar-refractivity contribution in [3.05, 3.63) is 0 Å². The molecule has 0 aromatic rings. The Morgan fingerprint density at radius 1 is 1.25 bits per heavy atom. The number of likely N-dealkylation sites (N-methyl/N-ethyl adjacent to an activating group) is 1. The van der Waals surface area contributed by atoms with Crippen LogP contribution in [0.3, 0.4) is 0 Å². The molecule has 1 saturated carbocycles. The molecule has 1 rings (SSSR count). The van der Waals surface area contributed by atoms with Crippen LogP contribution in [0.15, 0.2) is 4.99 Å². The molecule has 2 unspecified atom stereocenters. The fourth-order valence-electron chi connectivity index (χ4n) is 2.73. The van der Waals surface area contributed by atoms with E-state index in [0.29, 0.717) is 12.0 Å². The van der Waals surface area contributed by atoms with Crippen molar-refractivity contribution in [1.29, 1.82) is 0 Å². The summed E-state index contributed by atoms with van der Waals surface area (Å²) in [7, 11) is 3.54. The number of nitrogens with one attached hydrogen (secondary N) is 2. The molecule has 1 aliphatic rings. The first kappa shape index (κ1) is 23.8. The molecule has 0 aliphatic heterocycles. The van der Waals surface area contributed by atoms with Gasteiger partial charge in [0.25, 0.3) is 0 Å². The normalized spacial score (nSPS) is 20.9. The Balaban J connectivity index is 0.00000529. The third kappa shape index (κ3) is 9.96. The van der Waals surface area contributed by atoms with E-state index in [9.17, 15) is 4.79 Å². The van der Waals surface area contributed by atoms with E-state index in [1.165, 1.54) is 37.9 Å². The van der Waals surface area contributed by atoms with Gasteiger partial charge in [-0.1, -0.05) is 19.8 Å². The number of carbonyl (C=O) groups excluding carboxylic acids is 1. The molecule has 0 spiro atoms. The molecule has 0 aromatic heterocycles. The molecule has 2 atom stereocenters. The van der Waals surface area contributed by atoms with Crippen molar-refractivity contribution < 1.29 is 4.79 Å². The first-order valence-electron chi connectivity index (χ1n) is 8.78. The molecule has 0 saturated heterocycles. The number of halogens is 1. The maximum absolute atomic E-state index is 11.8. The highest BCUT2D eigenvalue weighted by atomic mass is 127. The largest absolute Gasteiger partial charge is 0.356 e. The number of amides is 1. The molecular formula is C17H35IN4OS. The van der Waals surface area contributed by atoms with E-state index in [4.69, 9.17) is 0 Å². The Hall–Kier alpha value is -0.180. The summed E-state index contributed by atoms with van der Waals surface area (Å²) in [5, 5.41) is 6.95. The third-order valence-electron chi connectivity index (χ3n) is 4.37. The first-order chi connectivity index (χ1) is 11.0. The molecule has 0 radical (unpaired) electrons.